The molecule has 1 amide bonds. The van der Waals surface area contributed by atoms with Gasteiger partial charge in [-0.1, -0.05) is 41.4 Å². The molecule has 9 nitrogen and oxygen atoms in total. The summed E-state index contributed by atoms with van der Waals surface area (Å²) < 4.78 is 8.79. The summed E-state index contributed by atoms with van der Waals surface area (Å²) in [6, 6.07) is 14.8. The lowest BCUT2D eigenvalue weighted by Crippen LogP contribution is -2.48. The second kappa shape index (κ2) is 10.0. The molecule has 0 spiro atoms. The first-order valence-corrected chi connectivity index (χ1v) is 12.2. The number of hydrogen-bond acceptors (Lipinski definition) is 6. The fourth-order valence-electron chi connectivity index (χ4n) is 4.68. The number of aromatic nitrogens is 3. The first kappa shape index (κ1) is 23.9. The number of ether oxygens (including phenoxy) is 1. The Hall–Kier alpha value is -3.82. The van der Waals surface area contributed by atoms with Crippen molar-refractivity contribution in [2.75, 3.05) is 38.6 Å². The van der Waals surface area contributed by atoms with Gasteiger partial charge in [-0.15, -0.1) is 0 Å². The van der Waals surface area contributed by atoms with E-state index >= 15 is 0 Å². The molecule has 186 valence electrons. The van der Waals surface area contributed by atoms with Gasteiger partial charge in [0.1, 0.15) is 10.9 Å². The maximum Gasteiger partial charge on any atom is 0.278 e. The van der Waals surface area contributed by atoms with Gasteiger partial charge in [-0.25, -0.2) is 4.57 Å². The number of nitrogens with zero attached hydrogens (tertiary/aromatic N) is 4. The monoisotopic (exact) mass is 487 g/mol. The van der Waals surface area contributed by atoms with Crippen molar-refractivity contribution in [2.24, 2.45) is 0 Å². The number of rotatable bonds is 6. The number of fused-ring (bicyclic) bond motifs is 2. The molecule has 3 aromatic heterocycles. The number of anilines is 1. The summed E-state index contributed by atoms with van der Waals surface area (Å²) in [4.78, 5) is 34.1. The highest BCUT2D eigenvalue weighted by atomic mass is 16.5. The van der Waals surface area contributed by atoms with E-state index in [-0.39, 0.29) is 23.1 Å². The Morgan fingerprint density at radius 2 is 1.94 bits per heavy atom. The van der Waals surface area contributed by atoms with Crippen molar-refractivity contribution < 1.29 is 14.1 Å². The Labute approximate surface area is 209 Å². The van der Waals surface area contributed by atoms with Crippen LogP contribution in [0.3, 0.4) is 0 Å². The van der Waals surface area contributed by atoms with Crippen LogP contribution in [-0.2, 0) is 11.3 Å². The van der Waals surface area contributed by atoms with Crippen LogP contribution in [0.4, 0.5) is 5.82 Å². The second-order valence-corrected chi connectivity index (χ2v) is 9.19. The van der Waals surface area contributed by atoms with Crippen molar-refractivity contribution in [1.29, 1.82) is 0 Å². The van der Waals surface area contributed by atoms with Crippen LogP contribution in [0.25, 0.3) is 16.7 Å². The number of carbonyl (C=O) groups excluding carboxylic acids is 1. The van der Waals surface area contributed by atoms with E-state index in [1.165, 1.54) is 4.40 Å². The van der Waals surface area contributed by atoms with Crippen LogP contribution in [0.5, 0.6) is 0 Å². The molecule has 0 aliphatic carbocycles. The van der Waals surface area contributed by atoms with E-state index < -0.39 is 0 Å². The molecule has 1 aliphatic rings. The van der Waals surface area contributed by atoms with Crippen LogP contribution in [0.15, 0.2) is 59.5 Å². The third-order valence-electron chi connectivity index (χ3n) is 6.81. The Balaban J connectivity index is 1.61. The van der Waals surface area contributed by atoms with E-state index in [0.717, 1.165) is 24.2 Å². The van der Waals surface area contributed by atoms with Crippen LogP contribution in [-0.4, -0.2) is 53.0 Å². The predicted molar refractivity (Wildman–Crippen MR) is 138 cm³/mol. The van der Waals surface area contributed by atoms with Gasteiger partial charge in [0.15, 0.2) is 0 Å². The van der Waals surface area contributed by atoms with Gasteiger partial charge in [-0.2, -0.15) is 0 Å². The van der Waals surface area contributed by atoms with E-state index in [1.54, 1.807) is 16.8 Å². The van der Waals surface area contributed by atoms with Crippen molar-refractivity contribution in [3.8, 4) is 0 Å². The number of pyridine rings is 2. The van der Waals surface area contributed by atoms with Crippen molar-refractivity contribution in [1.82, 2.24) is 19.6 Å². The Morgan fingerprint density at radius 3 is 2.69 bits per heavy atom. The largest absolute Gasteiger partial charge is 0.379 e. The average Bonchev–Trinajstić information content (AvgIpc) is 2.90. The summed E-state index contributed by atoms with van der Waals surface area (Å²) in [5.41, 5.74) is 9.57. The highest BCUT2D eigenvalue weighted by molar-refractivity contribution is 6.00. The second-order valence-electron chi connectivity index (χ2n) is 9.19. The van der Waals surface area contributed by atoms with Crippen LogP contribution < -0.4 is 21.2 Å². The molecule has 0 bridgehead atoms. The fraction of sp³-hybridized carbons (Fsp3) is 0.333. The minimum Gasteiger partial charge on any atom is -0.379 e. The van der Waals surface area contributed by atoms with Crippen LogP contribution in [0.2, 0.25) is 0 Å². The minimum atomic E-state index is -0.334. The fourth-order valence-corrected chi connectivity index (χ4v) is 4.68. The molecule has 9 heteroatoms. The molecule has 1 aromatic carbocycles. The normalized spacial score (nSPS) is 15.3. The Bertz CT molecular complexity index is 1480. The van der Waals surface area contributed by atoms with E-state index in [9.17, 15) is 9.59 Å². The summed E-state index contributed by atoms with van der Waals surface area (Å²) >= 11 is 0. The van der Waals surface area contributed by atoms with Gasteiger partial charge in [0.25, 0.3) is 17.1 Å². The smallest absolute Gasteiger partial charge is 0.278 e. The highest BCUT2D eigenvalue weighted by Gasteiger charge is 2.26. The zero-order valence-electron chi connectivity index (χ0n) is 20.6. The summed E-state index contributed by atoms with van der Waals surface area (Å²) in [7, 11) is 0. The number of nitrogens with two attached hydrogens (primary N) is 1. The van der Waals surface area contributed by atoms with Gasteiger partial charge >= 0.3 is 0 Å². The standard InChI is InChI=1S/C27H30N6O3/c1-18-7-6-10-33-24(18)30-25-22(27(33)35)17-21(26(34)29-19(2)20-8-4-3-5-9-20)23(28)32(25)12-11-31-13-15-36-16-14-31/h3-10,17,19,28H,11-16H2,1-2H3,(H,29,34)/p+1/t19-/m1/s1. The van der Waals surface area contributed by atoms with Crippen molar-refractivity contribution in [2.45, 2.75) is 26.4 Å². The lowest BCUT2D eigenvalue weighted by atomic mass is 10.1. The average molecular weight is 488 g/mol. The third-order valence-corrected chi connectivity index (χ3v) is 6.81. The van der Waals surface area contributed by atoms with Crippen molar-refractivity contribution in [3.63, 3.8) is 0 Å². The van der Waals surface area contributed by atoms with Gasteiger partial charge in [0.05, 0.1) is 25.8 Å². The molecule has 0 unspecified atom stereocenters. The number of nitrogen functional groups attached to an aromatic ring is 1. The molecule has 0 radical (unpaired) electrons. The van der Waals surface area contributed by atoms with Gasteiger partial charge in [0.2, 0.25) is 11.5 Å². The molecule has 1 atom stereocenters. The number of benzene rings is 1. The number of hydrogen-bond donors (Lipinski definition) is 2. The molecule has 0 saturated carbocycles. The first-order chi connectivity index (χ1) is 17.4. The molecule has 3 N–H and O–H groups in total. The maximum absolute atomic E-state index is 13.5. The third kappa shape index (κ3) is 4.55. The number of amides is 1. The first-order valence-electron chi connectivity index (χ1n) is 12.2. The minimum absolute atomic E-state index is 0.228. The molecule has 4 aromatic rings. The van der Waals surface area contributed by atoms with E-state index in [0.29, 0.717) is 48.8 Å². The van der Waals surface area contributed by atoms with Gasteiger partial charge in [-0.3, -0.25) is 18.9 Å². The molecule has 5 rings (SSSR count). The van der Waals surface area contributed by atoms with Crippen molar-refractivity contribution >= 4 is 28.4 Å². The van der Waals surface area contributed by atoms with E-state index in [2.05, 4.69) is 10.2 Å². The zero-order chi connectivity index (χ0) is 25.2. The zero-order valence-corrected chi connectivity index (χ0v) is 20.6. The molecule has 36 heavy (non-hydrogen) atoms. The topological polar surface area (TPSA) is 106 Å². The Morgan fingerprint density at radius 1 is 1.19 bits per heavy atom. The summed E-state index contributed by atoms with van der Waals surface area (Å²) in [6.45, 7) is 8.05. The van der Waals surface area contributed by atoms with Gasteiger partial charge < -0.3 is 15.8 Å². The molecule has 1 fully saturated rings. The van der Waals surface area contributed by atoms with Crippen LogP contribution in [0.1, 0.15) is 34.5 Å². The number of morpholine rings is 1. The SMILES string of the molecule is Cc1cccn2c(=O)c3cc(C(=O)N[C@H](C)c4ccccc4)c(N)[n+](CCN4CCOCC4)c3nc12. The Kier molecular flexibility index (Phi) is 6.67. The summed E-state index contributed by atoms with van der Waals surface area (Å²) in [5.74, 6) is -0.0435. The van der Waals surface area contributed by atoms with Gasteiger partial charge in [0, 0.05) is 31.4 Å². The number of carbonyl (C=O) groups is 1. The van der Waals surface area contributed by atoms with Crippen molar-refractivity contribution in [3.05, 3.63) is 81.8 Å². The molecule has 4 heterocycles. The van der Waals surface area contributed by atoms with Crippen LogP contribution >= 0.6 is 0 Å². The lowest BCUT2D eigenvalue weighted by Gasteiger charge is -2.26. The number of aryl methyl sites for hydroxylation is 1. The molecule has 1 saturated heterocycles. The summed E-state index contributed by atoms with van der Waals surface area (Å²) in [6.07, 6.45) is 1.70. The number of nitrogens with one attached hydrogen (secondary N) is 1. The van der Waals surface area contributed by atoms with E-state index in [1.807, 2.05) is 56.3 Å². The quantitative estimate of drug-likeness (QED) is 0.318. The molecule has 1 aliphatic heterocycles. The summed E-state index contributed by atoms with van der Waals surface area (Å²) in [5, 5.41) is 3.38. The molecular formula is C27H31N6O3+. The molecular weight excluding hydrogens is 456 g/mol. The highest BCUT2D eigenvalue weighted by Crippen LogP contribution is 2.18. The maximum atomic E-state index is 13.5. The van der Waals surface area contributed by atoms with E-state index in [4.69, 9.17) is 15.5 Å². The van der Waals surface area contributed by atoms with Crippen LogP contribution in [0, 0.1) is 6.92 Å². The lowest BCUT2D eigenvalue weighted by molar-refractivity contribution is -0.658. The predicted octanol–water partition coefficient (Wildman–Crippen LogP) is 1.85. The van der Waals surface area contributed by atoms with Gasteiger partial charge in [-0.05, 0) is 31.5 Å².